The molecule has 1 heterocycles. The molecule has 3 rings (SSSR count). The van der Waals surface area contributed by atoms with E-state index >= 15 is 0 Å². The fourth-order valence-electron chi connectivity index (χ4n) is 3.30. The summed E-state index contributed by atoms with van der Waals surface area (Å²) in [6.07, 6.45) is -0.513. The van der Waals surface area contributed by atoms with Gasteiger partial charge in [0.2, 0.25) is 0 Å². The fourth-order valence-corrected chi connectivity index (χ4v) is 3.30. The second-order valence-electron chi connectivity index (χ2n) is 6.43. The minimum atomic E-state index is -0.513. The molecule has 2 aromatic carbocycles. The Morgan fingerprint density at radius 3 is 2.13 bits per heavy atom. The Morgan fingerprint density at radius 1 is 0.870 bits per heavy atom. The van der Waals surface area contributed by atoms with Crippen molar-refractivity contribution in [2.75, 3.05) is 32.7 Å². The monoisotopic (exact) mass is 316 g/mol. The van der Waals surface area contributed by atoms with E-state index in [0.717, 1.165) is 38.3 Å². The van der Waals surface area contributed by atoms with E-state index in [4.69, 9.17) is 0 Å². The van der Waals surface area contributed by atoms with Crippen LogP contribution in [0, 0.1) is 5.82 Å². The second kappa shape index (κ2) is 7.68. The van der Waals surface area contributed by atoms with Gasteiger partial charge in [-0.3, -0.25) is 0 Å². The van der Waals surface area contributed by atoms with Gasteiger partial charge in [0.05, 0.1) is 0 Å². The molecule has 3 N–H and O–H groups in total. The van der Waals surface area contributed by atoms with Gasteiger partial charge in [-0.05, 0) is 17.7 Å². The Hall–Kier alpha value is -1.75. The predicted molar refractivity (Wildman–Crippen MR) is 87.8 cm³/mol. The van der Waals surface area contributed by atoms with Gasteiger partial charge in [0.1, 0.15) is 51.2 Å². The third-order valence-electron chi connectivity index (χ3n) is 4.70. The van der Waals surface area contributed by atoms with Gasteiger partial charge in [0.25, 0.3) is 0 Å². The number of halogens is 1. The maximum absolute atomic E-state index is 12.9. The molecule has 1 fully saturated rings. The number of nitrogens with one attached hydrogen (secondary N) is 2. The first-order valence-electron chi connectivity index (χ1n) is 8.35. The van der Waals surface area contributed by atoms with Crippen molar-refractivity contribution in [3.8, 4) is 0 Å². The molecule has 0 unspecified atom stereocenters. The topological polar surface area (TPSA) is 29.1 Å². The van der Waals surface area contributed by atoms with Crippen LogP contribution in [0.25, 0.3) is 0 Å². The highest BCUT2D eigenvalue weighted by atomic mass is 19.1. The summed E-state index contributed by atoms with van der Waals surface area (Å²) >= 11 is 0. The molecule has 0 saturated carbocycles. The van der Waals surface area contributed by atoms with E-state index in [1.807, 2.05) is 0 Å². The molecule has 23 heavy (non-hydrogen) atoms. The van der Waals surface area contributed by atoms with Crippen molar-refractivity contribution in [1.29, 1.82) is 0 Å². The lowest BCUT2D eigenvalue weighted by Crippen LogP contribution is -3.27. The van der Waals surface area contributed by atoms with Gasteiger partial charge in [-0.1, -0.05) is 42.5 Å². The van der Waals surface area contributed by atoms with E-state index in [-0.39, 0.29) is 5.82 Å². The lowest BCUT2D eigenvalue weighted by molar-refractivity contribution is -1.02. The molecular formula is C19H25FN2O+2. The summed E-state index contributed by atoms with van der Waals surface area (Å²) in [6, 6.07) is 16.8. The van der Waals surface area contributed by atoms with E-state index < -0.39 is 6.10 Å². The first-order chi connectivity index (χ1) is 11.2. The molecule has 2 aromatic rings. The zero-order valence-electron chi connectivity index (χ0n) is 13.3. The number of hydrogen-bond acceptors (Lipinski definition) is 1. The van der Waals surface area contributed by atoms with Crippen LogP contribution in [-0.2, 0) is 6.54 Å². The van der Waals surface area contributed by atoms with Crippen molar-refractivity contribution < 1.29 is 19.3 Å². The Bertz CT molecular complexity index is 595. The highest BCUT2D eigenvalue weighted by Crippen LogP contribution is 2.11. The number of aliphatic hydroxyl groups excluding tert-OH is 1. The minimum absolute atomic E-state index is 0.258. The molecule has 0 radical (unpaired) electrons. The summed E-state index contributed by atoms with van der Waals surface area (Å²) in [4.78, 5) is 3.04. The van der Waals surface area contributed by atoms with Crippen LogP contribution in [0.5, 0.6) is 0 Å². The summed E-state index contributed by atoms with van der Waals surface area (Å²) in [7, 11) is 0. The summed E-state index contributed by atoms with van der Waals surface area (Å²) in [5, 5.41) is 10.3. The van der Waals surface area contributed by atoms with Crippen LogP contribution in [0.1, 0.15) is 17.2 Å². The lowest BCUT2D eigenvalue weighted by Gasteiger charge is -2.30. The van der Waals surface area contributed by atoms with Crippen LogP contribution in [0.15, 0.2) is 54.6 Å². The molecule has 0 aromatic heterocycles. The molecule has 122 valence electrons. The van der Waals surface area contributed by atoms with Crippen molar-refractivity contribution in [3.63, 3.8) is 0 Å². The van der Waals surface area contributed by atoms with E-state index in [1.165, 1.54) is 22.6 Å². The highest BCUT2D eigenvalue weighted by molar-refractivity contribution is 5.18. The van der Waals surface area contributed by atoms with Crippen LogP contribution in [0.4, 0.5) is 4.39 Å². The summed E-state index contributed by atoms with van der Waals surface area (Å²) in [5.41, 5.74) is 2.19. The first kappa shape index (κ1) is 16.1. The molecule has 0 bridgehead atoms. The van der Waals surface area contributed by atoms with Crippen LogP contribution in [-0.4, -0.2) is 37.8 Å². The van der Waals surface area contributed by atoms with Crippen LogP contribution in [0.2, 0.25) is 0 Å². The van der Waals surface area contributed by atoms with Gasteiger partial charge < -0.3 is 14.9 Å². The molecule has 1 saturated heterocycles. The van der Waals surface area contributed by atoms with Gasteiger partial charge in [-0.25, -0.2) is 4.39 Å². The molecular weight excluding hydrogens is 291 g/mol. The third kappa shape index (κ3) is 4.61. The van der Waals surface area contributed by atoms with Crippen molar-refractivity contribution in [2.24, 2.45) is 0 Å². The number of aliphatic hydroxyl groups is 1. The second-order valence-corrected chi connectivity index (χ2v) is 6.43. The Morgan fingerprint density at radius 2 is 1.48 bits per heavy atom. The van der Waals surface area contributed by atoms with Crippen LogP contribution >= 0.6 is 0 Å². The number of quaternary nitrogens is 2. The molecule has 3 nitrogen and oxygen atoms in total. The smallest absolute Gasteiger partial charge is 0.128 e. The Balaban J connectivity index is 1.46. The van der Waals surface area contributed by atoms with Crippen molar-refractivity contribution >= 4 is 0 Å². The standard InChI is InChI=1S/C19H23FN2O/c20-18-8-6-17(7-9-18)19(23)15-22-12-10-21(11-13-22)14-16-4-2-1-3-5-16/h1-9,19,23H,10-15H2/p+2/t19-/m0/s1. The molecule has 1 aliphatic rings. The van der Waals surface area contributed by atoms with E-state index in [2.05, 4.69) is 30.3 Å². The van der Waals surface area contributed by atoms with E-state index in [9.17, 15) is 9.50 Å². The molecule has 0 amide bonds. The van der Waals surface area contributed by atoms with Gasteiger partial charge in [-0.2, -0.15) is 0 Å². The van der Waals surface area contributed by atoms with E-state index in [1.54, 1.807) is 17.0 Å². The average Bonchev–Trinajstić information content (AvgIpc) is 2.58. The highest BCUT2D eigenvalue weighted by Gasteiger charge is 2.25. The maximum atomic E-state index is 12.9. The number of hydrogen-bond donors (Lipinski definition) is 3. The Labute approximate surface area is 137 Å². The summed E-state index contributed by atoms with van der Waals surface area (Å²) in [5.74, 6) is -0.258. The number of benzene rings is 2. The molecule has 4 heteroatoms. The normalized spacial score (nSPS) is 22.7. The largest absolute Gasteiger partial charge is 0.382 e. The van der Waals surface area contributed by atoms with E-state index in [0.29, 0.717) is 6.54 Å². The van der Waals surface area contributed by atoms with Gasteiger partial charge in [0.15, 0.2) is 0 Å². The Kier molecular flexibility index (Phi) is 5.39. The SMILES string of the molecule is O[C@@H](C[NH+]1CC[NH+](Cc2ccccc2)CC1)c1ccc(F)cc1. The van der Waals surface area contributed by atoms with Gasteiger partial charge in [-0.15, -0.1) is 0 Å². The van der Waals surface area contributed by atoms with Crippen LogP contribution < -0.4 is 9.80 Å². The van der Waals surface area contributed by atoms with Crippen molar-refractivity contribution in [2.45, 2.75) is 12.6 Å². The molecule has 0 aliphatic carbocycles. The third-order valence-corrected chi connectivity index (χ3v) is 4.70. The van der Waals surface area contributed by atoms with Gasteiger partial charge in [0, 0.05) is 5.56 Å². The predicted octanol–water partition coefficient (Wildman–Crippen LogP) is -0.157. The molecule has 0 spiro atoms. The number of rotatable bonds is 5. The fraction of sp³-hybridized carbons (Fsp3) is 0.368. The summed E-state index contributed by atoms with van der Waals surface area (Å²) < 4.78 is 12.9. The average molecular weight is 316 g/mol. The minimum Gasteiger partial charge on any atom is -0.382 e. The van der Waals surface area contributed by atoms with Gasteiger partial charge >= 0.3 is 0 Å². The van der Waals surface area contributed by atoms with Crippen molar-refractivity contribution in [1.82, 2.24) is 0 Å². The zero-order chi connectivity index (χ0) is 16.1. The summed E-state index contributed by atoms with van der Waals surface area (Å²) in [6.45, 7) is 6.17. The van der Waals surface area contributed by atoms with Crippen LogP contribution in [0.3, 0.4) is 0 Å². The zero-order valence-corrected chi connectivity index (χ0v) is 13.3. The number of piperazine rings is 1. The molecule has 1 atom stereocenters. The maximum Gasteiger partial charge on any atom is 0.128 e. The van der Waals surface area contributed by atoms with Crippen molar-refractivity contribution in [3.05, 3.63) is 71.5 Å². The lowest BCUT2D eigenvalue weighted by atomic mass is 10.1. The molecule has 1 aliphatic heterocycles. The first-order valence-corrected chi connectivity index (χ1v) is 8.35. The quantitative estimate of drug-likeness (QED) is 0.703.